The molecule has 0 saturated carbocycles. The summed E-state index contributed by atoms with van der Waals surface area (Å²) >= 11 is 0. The zero-order valence-electron chi connectivity index (χ0n) is 16.3. The van der Waals surface area contributed by atoms with Gasteiger partial charge in [0.25, 0.3) is 0 Å². The number of anilines is 2. The van der Waals surface area contributed by atoms with Crippen LogP contribution in [-0.2, 0) is 14.8 Å². The van der Waals surface area contributed by atoms with Crippen molar-refractivity contribution in [1.82, 2.24) is 19.6 Å². The lowest BCUT2D eigenvalue weighted by atomic mass is 9.72. The van der Waals surface area contributed by atoms with E-state index in [1.165, 1.54) is 6.26 Å². The van der Waals surface area contributed by atoms with Gasteiger partial charge in [-0.05, 0) is 37.2 Å². The third kappa shape index (κ3) is 3.80. The molecule has 0 aliphatic carbocycles. The number of carbonyl (C=O) groups is 1. The molecule has 154 valence electrons. The smallest absolute Gasteiger partial charge is 0.227 e. The lowest BCUT2D eigenvalue weighted by Gasteiger charge is -2.56. The Balaban J connectivity index is 1.62. The molecule has 3 aliphatic heterocycles. The predicted octanol–water partition coefficient (Wildman–Crippen LogP) is 0.273. The number of hydrogen-bond acceptors (Lipinski definition) is 7. The van der Waals surface area contributed by atoms with Crippen molar-refractivity contribution in [2.75, 3.05) is 43.2 Å². The Kier molecular flexibility index (Phi) is 5.17. The fraction of sp³-hybridized carbons (Fsp3) is 0.722. The van der Waals surface area contributed by atoms with Crippen molar-refractivity contribution in [2.24, 2.45) is 11.8 Å². The number of piperidine rings is 3. The van der Waals surface area contributed by atoms with E-state index in [0.29, 0.717) is 18.3 Å². The van der Waals surface area contributed by atoms with Gasteiger partial charge in [-0.25, -0.2) is 18.1 Å². The van der Waals surface area contributed by atoms with E-state index in [9.17, 15) is 13.2 Å². The van der Waals surface area contributed by atoms with Crippen LogP contribution in [0.15, 0.2) is 12.3 Å². The average Bonchev–Trinajstić information content (AvgIpc) is 2.67. The average molecular weight is 409 g/mol. The lowest BCUT2D eigenvalue weighted by Crippen LogP contribution is -2.67. The Labute approximate surface area is 166 Å². The Morgan fingerprint density at radius 2 is 2.07 bits per heavy atom. The van der Waals surface area contributed by atoms with Crippen LogP contribution in [0.3, 0.4) is 0 Å². The van der Waals surface area contributed by atoms with Crippen LogP contribution in [0.25, 0.3) is 0 Å². The fourth-order valence-corrected chi connectivity index (χ4v) is 5.55. The van der Waals surface area contributed by atoms with Crippen LogP contribution < -0.4 is 14.9 Å². The van der Waals surface area contributed by atoms with E-state index in [1.54, 1.807) is 6.20 Å². The first-order chi connectivity index (χ1) is 13.4. The van der Waals surface area contributed by atoms with E-state index < -0.39 is 10.0 Å². The van der Waals surface area contributed by atoms with Gasteiger partial charge in [-0.2, -0.15) is 4.98 Å². The van der Waals surface area contributed by atoms with Gasteiger partial charge in [0.1, 0.15) is 5.82 Å². The highest BCUT2D eigenvalue weighted by molar-refractivity contribution is 7.88. The molecule has 1 aromatic rings. The molecule has 4 atom stereocenters. The van der Waals surface area contributed by atoms with Crippen molar-refractivity contribution in [3.8, 4) is 0 Å². The molecular weight excluding hydrogens is 380 g/mol. The van der Waals surface area contributed by atoms with E-state index in [0.717, 1.165) is 38.2 Å². The summed E-state index contributed by atoms with van der Waals surface area (Å²) in [5, 5.41) is 3.05. The molecule has 0 radical (unpaired) electrons. The Morgan fingerprint density at radius 3 is 2.82 bits per heavy atom. The number of sulfonamides is 1. The van der Waals surface area contributed by atoms with Crippen LogP contribution >= 0.6 is 0 Å². The van der Waals surface area contributed by atoms with E-state index >= 15 is 0 Å². The highest BCUT2D eigenvalue weighted by Gasteiger charge is 2.49. The van der Waals surface area contributed by atoms with Gasteiger partial charge >= 0.3 is 0 Å². The quantitative estimate of drug-likeness (QED) is 0.720. The molecule has 3 saturated heterocycles. The van der Waals surface area contributed by atoms with E-state index in [1.807, 2.05) is 18.0 Å². The van der Waals surface area contributed by atoms with E-state index in [-0.39, 0.29) is 30.5 Å². The van der Waals surface area contributed by atoms with Gasteiger partial charge in [0.2, 0.25) is 21.9 Å². The SMILES string of the molecule is CNc1ccnc(N2C[C@H]3C[C@@H](C2)[C@H](CNS(C)(=O)=O)N2C(=O)CCC[C@@H]32)n1. The molecule has 0 unspecified atom stereocenters. The molecule has 0 spiro atoms. The van der Waals surface area contributed by atoms with E-state index in [2.05, 4.69) is 24.9 Å². The normalized spacial score (nSPS) is 30.1. The van der Waals surface area contributed by atoms with Gasteiger partial charge < -0.3 is 15.1 Å². The molecular formula is C18H28N6O3S. The lowest BCUT2D eigenvalue weighted by molar-refractivity contribution is -0.148. The summed E-state index contributed by atoms with van der Waals surface area (Å²) in [4.78, 5) is 26.0. The van der Waals surface area contributed by atoms with Crippen LogP contribution in [0.2, 0.25) is 0 Å². The number of aromatic nitrogens is 2. The molecule has 1 amide bonds. The summed E-state index contributed by atoms with van der Waals surface area (Å²) in [5.41, 5.74) is 0. The minimum atomic E-state index is -3.32. The minimum absolute atomic E-state index is 0.126. The molecule has 2 bridgehead atoms. The summed E-state index contributed by atoms with van der Waals surface area (Å²) in [7, 11) is -1.49. The Morgan fingerprint density at radius 1 is 1.29 bits per heavy atom. The maximum Gasteiger partial charge on any atom is 0.227 e. The second kappa shape index (κ2) is 7.47. The van der Waals surface area contributed by atoms with Gasteiger partial charge in [-0.1, -0.05) is 0 Å². The van der Waals surface area contributed by atoms with Gasteiger partial charge in [0.05, 0.1) is 12.3 Å². The maximum atomic E-state index is 12.7. The van der Waals surface area contributed by atoms with Crippen molar-refractivity contribution in [2.45, 2.75) is 37.8 Å². The summed E-state index contributed by atoms with van der Waals surface area (Å²) in [5.74, 6) is 2.16. The van der Waals surface area contributed by atoms with Crippen molar-refractivity contribution >= 4 is 27.7 Å². The second-order valence-corrected chi connectivity index (χ2v) is 9.93. The largest absolute Gasteiger partial charge is 0.373 e. The fourth-order valence-electron chi connectivity index (χ4n) is 5.08. The van der Waals surface area contributed by atoms with Crippen molar-refractivity contribution < 1.29 is 13.2 Å². The predicted molar refractivity (Wildman–Crippen MR) is 107 cm³/mol. The van der Waals surface area contributed by atoms with E-state index in [4.69, 9.17) is 0 Å². The van der Waals surface area contributed by atoms with Crippen LogP contribution in [0, 0.1) is 11.8 Å². The molecule has 3 fully saturated rings. The highest BCUT2D eigenvalue weighted by Crippen LogP contribution is 2.42. The number of fused-ring (bicyclic) bond motifs is 4. The topological polar surface area (TPSA) is 108 Å². The van der Waals surface area contributed by atoms with Crippen LogP contribution in [0.4, 0.5) is 11.8 Å². The Hall–Kier alpha value is -1.94. The maximum absolute atomic E-state index is 12.7. The summed E-state index contributed by atoms with van der Waals surface area (Å²) < 4.78 is 26.0. The van der Waals surface area contributed by atoms with Crippen molar-refractivity contribution in [1.29, 1.82) is 0 Å². The molecule has 4 heterocycles. The molecule has 1 aromatic heterocycles. The molecule has 10 heteroatoms. The zero-order valence-corrected chi connectivity index (χ0v) is 17.2. The number of carbonyl (C=O) groups excluding carboxylic acids is 1. The summed E-state index contributed by atoms with van der Waals surface area (Å²) in [6, 6.07) is 1.87. The van der Waals surface area contributed by atoms with Gasteiger partial charge in [-0.15, -0.1) is 0 Å². The van der Waals surface area contributed by atoms with Gasteiger partial charge in [-0.3, -0.25) is 4.79 Å². The van der Waals surface area contributed by atoms with Crippen molar-refractivity contribution in [3.05, 3.63) is 12.3 Å². The molecule has 28 heavy (non-hydrogen) atoms. The number of nitrogens with one attached hydrogen (secondary N) is 2. The number of nitrogens with zero attached hydrogens (tertiary/aromatic N) is 4. The molecule has 3 aliphatic rings. The van der Waals surface area contributed by atoms with Gasteiger partial charge in [0, 0.05) is 45.3 Å². The van der Waals surface area contributed by atoms with Crippen LogP contribution in [-0.4, -0.2) is 74.2 Å². The summed E-state index contributed by atoms with van der Waals surface area (Å²) in [6.07, 6.45) is 6.36. The number of amides is 1. The van der Waals surface area contributed by atoms with Gasteiger partial charge in [0.15, 0.2) is 0 Å². The minimum Gasteiger partial charge on any atom is -0.373 e. The number of rotatable bonds is 5. The second-order valence-electron chi connectivity index (χ2n) is 8.10. The van der Waals surface area contributed by atoms with Crippen LogP contribution in [0.5, 0.6) is 0 Å². The monoisotopic (exact) mass is 408 g/mol. The molecule has 0 aromatic carbocycles. The summed E-state index contributed by atoms with van der Waals surface area (Å²) in [6.45, 7) is 1.81. The number of hydrogen-bond donors (Lipinski definition) is 2. The first-order valence-corrected chi connectivity index (χ1v) is 11.8. The first-order valence-electron chi connectivity index (χ1n) is 9.87. The standard InChI is InChI=1S/C18H28N6O3S/c1-19-16-6-7-20-18(22-16)23-10-12-8-13(11-23)15(9-21-28(2,26)27)24-14(12)4-3-5-17(24)25/h6-7,12-15,21H,3-5,8-11H2,1-2H3,(H,19,20,22)/t12-,13+,14+,15+/m1/s1. The highest BCUT2D eigenvalue weighted by atomic mass is 32.2. The third-order valence-corrected chi connectivity index (χ3v) is 6.92. The zero-order chi connectivity index (χ0) is 19.9. The van der Waals surface area contributed by atoms with Crippen LogP contribution in [0.1, 0.15) is 25.7 Å². The Bertz CT molecular complexity index is 847. The molecule has 4 rings (SSSR count). The molecule has 2 N–H and O–H groups in total. The molecule has 9 nitrogen and oxygen atoms in total. The van der Waals surface area contributed by atoms with Crippen molar-refractivity contribution in [3.63, 3.8) is 0 Å². The first kappa shape index (κ1) is 19.4. The third-order valence-electron chi connectivity index (χ3n) is 6.23.